The van der Waals surface area contributed by atoms with Crippen LogP contribution >= 0.6 is 0 Å². The van der Waals surface area contributed by atoms with E-state index in [1.807, 2.05) is 6.07 Å². The number of aromatic carboxylic acids is 1. The first kappa shape index (κ1) is 18.9. The molecule has 3 saturated heterocycles. The fourth-order valence-electron chi connectivity index (χ4n) is 4.89. The third kappa shape index (κ3) is 3.16. The molecule has 0 amide bonds. The van der Waals surface area contributed by atoms with Gasteiger partial charge in [0.1, 0.15) is 11.4 Å². The van der Waals surface area contributed by atoms with Crippen LogP contribution in [0.3, 0.4) is 0 Å². The van der Waals surface area contributed by atoms with Crippen molar-refractivity contribution in [2.45, 2.75) is 25.0 Å². The van der Waals surface area contributed by atoms with Gasteiger partial charge in [0.05, 0.1) is 18.7 Å². The van der Waals surface area contributed by atoms with Crippen LogP contribution in [0.25, 0.3) is 10.9 Å². The molecule has 5 rings (SSSR count). The van der Waals surface area contributed by atoms with Gasteiger partial charge >= 0.3 is 5.97 Å². The standard InChI is InChI=1S/C22H26N2O4/c1-4-13-12-24-8-7-14(13)9-20(24)21(28-3)17-11-19(22(25)26)23-18-6-5-15(27-2)10-16(17)18/h4-6,10-11,13-14,20-21H,1,7-9,12H2,2-3H3,(H,25,26)/t13-,14?,20+,21+/m0/s1. The summed E-state index contributed by atoms with van der Waals surface area (Å²) in [5.74, 6) is 0.801. The molecule has 0 radical (unpaired) electrons. The van der Waals surface area contributed by atoms with Crippen molar-refractivity contribution in [1.82, 2.24) is 9.88 Å². The van der Waals surface area contributed by atoms with E-state index in [4.69, 9.17) is 9.47 Å². The van der Waals surface area contributed by atoms with E-state index in [-0.39, 0.29) is 17.8 Å². The number of benzene rings is 1. The largest absolute Gasteiger partial charge is 0.497 e. The third-order valence-electron chi connectivity index (χ3n) is 6.33. The topological polar surface area (TPSA) is 71.9 Å². The second kappa shape index (κ2) is 7.53. The summed E-state index contributed by atoms with van der Waals surface area (Å²) in [6.45, 7) is 6.02. The molecule has 148 valence electrons. The Bertz CT molecular complexity index is 913. The van der Waals surface area contributed by atoms with E-state index in [0.717, 1.165) is 30.5 Å². The lowest BCUT2D eigenvalue weighted by atomic mass is 9.73. The van der Waals surface area contributed by atoms with Crippen molar-refractivity contribution < 1.29 is 19.4 Å². The van der Waals surface area contributed by atoms with Gasteiger partial charge in [-0.05, 0) is 61.1 Å². The predicted molar refractivity (Wildman–Crippen MR) is 107 cm³/mol. The average molecular weight is 382 g/mol. The number of hydrogen-bond donors (Lipinski definition) is 1. The van der Waals surface area contributed by atoms with Crippen LogP contribution in [0.15, 0.2) is 36.9 Å². The third-order valence-corrected chi connectivity index (χ3v) is 6.33. The number of rotatable bonds is 6. The number of carboxylic acids is 1. The minimum absolute atomic E-state index is 0.0367. The van der Waals surface area contributed by atoms with Crippen LogP contribution in [0.2, 0.25) is 0 Å². The Balaban J connectivity index is 1.81. The molecule has 3 aliphatic heterocycles. The highest BCUT2D eigenvalue weighted by molar-refractivity contribution is 5.92. The molecular weight excluding hydrogens is 356 g/mol. The Kier molecular flexibility index (Phi) is 5.08. The molecule has 2 bridgehead atoms. The maximum Gasteiger partial charge on any atom is 0.354 e. The van der Waals surface area contributed by atoms with E-state index in [9.17, 15) is 9.90 Å². The Hall–Kier alpha value is -2.44. The molecular formula is C22H26N2O4. The number of carbonyl (C=O) groups is 1. The van der Waals surface area contributed by atoms with Crippen LogP contribution < -0.4 is 4.74 Å². The Morgan fingerprint density at radius 3 is 2.82 bits per heavy atom. The number of nitrogens with zero attached hydrogens (tertiary/aromatic N) is 2. The smallest absolute Gasteiger partial charge is 0.354 e. The maximum absolute atomic E-state index is 11.7. The van der Waals surface area contributed by atoms with Crippen molar-refractivity contribution in [2.75, 3.05) is 27.3 Å². The number of hydrogen-bond acceptors (Lipinski definition) is 5. The Labute approximate surface area is 164 Å². The van der Waals surface area contributed by atoms with Crippen molar-refractivity contribution >= 4 is 16.9 Å². The van der Waals surface area contributed by atoms with Gasteiger partial charge in [-0.3, -0.25) is 4.90 Å². The van der Waals surface area contributed by atoms with Crippen LogP contribution in [-0.2, 0) is 4.74 Å². The van der Waals surface area contributed by atoms with E-state index >= 15 is 0 Å². The monoisotopic (exact) mass is 382 g/mol. The molecule has 0 aliphatic carbocycles. The highest BCUT2D eigenvalue weighted by atomic mass is 16.5. The number of aromatic nitrogens is 1. The summed E-state index contributed by atoms with van der Waals surface area (Å²) >= 11 is 0. The predicted octanol–water partition coefficient (Wildman–Crippen LogP) is 3.53. The average Bonchev–Trinajstić information content (AvgIpc) is 2.74. The van der Waals surface area contributed by atoms with Crippen LogP contribution in [-0.4, -0.2) is 54.3 Å². The Morgan fingerprint density at radius 1 is 1.39 bits per heavy atom. The first-order valence-corrected chi connectivity index (χ1v) is 9.67. The minimum atomic E-state index is -1.04. The second-order valence-electron chi connectivity index (χ2n) is 7.69. The number of piperidine rings is 3. The molecule has 0 spiro atoms. The van der Waals surface area contributed by atoms with Crippen molar-refractivity contribution in [2.24, 2.45) is 11.8 Å². The molecule has 3 fully saturated rings. The Morgan fingerprint density at radius 2 is 2.21 bits per heavy atom. The van der Waals surface area contributed by atoms with E-state index in [2.05, 4.69) is 22.5 Å². The zero-order valence-electron chi connectivity index (χ0n) is 16.3. The number of methoxy groups -OCH3 is 2. The number of pyridine rings is 1. The van der Waals surface area contributed by atoms with Crippen molar-refractivity contribution in [3.8, 4) is 5.75 Å². The van der Waals surface area contributed by atoms with E-state index in [1.54, 1.807) is 32.4 Å². The van der Waals surface area contributed by atoms with E-state index in [0.29, 0.717) is 23.1 Å². The number of carboxylic acid groups (broad SMARTS) is 1. The molecule has 0 saturated carbocycles. The molecule has 3 aliphatic rings. The van der Waals surface area contributed by atoms with Gasteiger partial charge < -0.3 is 14.6 Å². The van der Waals surface area contributed by atoms with E-state index < -0.39 is 5.97 Å². The SMILES string of the molecule is C=C[C@H]1CN2CCC1C[C@@H]2[C@H](OC)c1cc(C(=O)O)nc2ccc(OC)cc12. The lowest BCUT2D eigenvalue weighted by molar-refractivity contribution is -0.0601. The molecule has 6 nitrogen and oxygen atoms in total. The molecule has 28 heavy (non-hydrogen) atoms. The zero-order valence-corrected chi connectivity index (χ0v) is 16.3. The molecule has 2 unspecified atom stereocenters. The van der Waals surface area contributed by atoms with Gasteiger partial charge in [-0.2, -0.15) is 0 Å². The van der Waals surface area contributed by atoms with Crippen LogP contribution in [0, 0.1) is 11.8 Å². The highest BCUT2D eigenvalue weighted by Crippen LogP contribution is 2.43. The number of ether oxygens (including phenoxy) is 2. The van der Waals surface area contributed by atoms with E-state index in [1.165, 1.54) is 6.42 Å². The second-order valence-corrected chi connectivity index (χ2v) is 7.69. The minimum Gasteiger partial charge on any atom is -0.497 e. The van der Waals surface area contributed by atoms with Crippen molar-refractivity contribution in [3.63, 3.8) is 0 Å². The zero-order chi connectivity index (χ0) is 19.8. The molecule has 1 aromatic carbocycles. The maximum atomic E-state index is 11.7. The normalized spacial score (nSPS) is 27.5. The van der Waals surface area contributed by atoms with Crippen molar-refractivity contribution in [1.29, 1.82) is 0 Å². The van der Waals surface area contributed by atoms with Gasteiger partial charge in [-0.15, -0.1) is 6.58 Å². The fourth-order valence-corrected chi connectivity index (χ4v) is 4.89. The highest BCUT2D eigenvalue weighted by Gasteiger charge is 2.43. The lowest BCUT2D eigenvalue weighted by Gasteiger charge is -2.51. The van der Waals surface area contributed by atoms with Crippen LogP contribution in [0.1, 0.15) is 35.0 Å². The molecule has 1 N–H and O–H groups in total. The number of fused-ring (bicyclic) bond motifs is 4. The molecule has 1 aromatic heterocycles. The van der Waals surface area contributed by atoms with Gasteiger partial charge in [0, 0.05) is 25.1 Å². The lowest BCUT2D eigenvalue weighted by Crippen LogP contribution is -2.55. The quantitative estimate of drug-likeness (QED) is 0.771. The summed E-state index contributed by atoms with van der Waals surface area (Å²) < 4.78 is 11.4. The molecule has 2 aromatic rings. The van der Waals surface area contributed by atoms with Gasteiger partial charge in [-0.25, -0.2) is 9.78 Å². The summed E-state index contributed by atoms with van der Waals surface area (Å²) in [5.41, 5.74) is 1.53. The summed E-state index contributed by atoms with van der Waals surface area (Å²) in [4.78, 5) is 18.4. The van der Waals surface area contributed by atoms with Gasteiger partial charge in [-0.1, -0.05) is 6.08 Å². The first-order chi connectivity index (χ1) is 13.5. The van der Waals surface area contributed by atoms with Gasteiger partial charge in [0.2, 0.25) is 0 Å². The molecule has 5 atom stereocenters. The molecule has 4 heterocycles. The van der Waals surface area contributed by atoms with Gasteiger partial charge in [0.15, 0.2) is 0 Å². The summed E-state index contributed by atoms with van der Waals surface area (Å²) in [5, 5.41) is 10.4. The summed E-state index contributed by atoms with van der Waals surface area (Å²) in [6.07, 6.45) is 4.04. The fraction of sp³-hybridized carbons (Fsp3) is 0.455. The molecule has 6 heteroatoms. The van der Waals surface area contributed by atoms with Gasteiger partial charge in [0.25, 0.3) is 0 Å². The first-order valence-electron chi connectivity index (χ1n) is 9.67. The van der Waals surface area contributed by atoms with Crippen LogP contribution in [0.4, 0.5) is 0 Å². The summed E-state index contributed by atoms with van der Waals surface area (Å²) in [6, 6.07) is 7.38. The van der Waals surface area contributed by atoms with Crippen LogP contribution in [0.5, 0.6) is 5.75 Å². The summed E-state index contributed by atoms with van der Waals surface area (Å²) in [7, 11) is 3.32. The van der Waals surface area contributed by atoms with Crippen molar-refractivity contribution in [3.05, 3.63) is 48.2 Å².